The average Bonchev–Trinajstić information content (AvgIpc) is 2.61. The van der Waals surface area contributed by atoms with Crippen molar-refractivity contribution in [3.8, 4) is 0 Å². The summed E-state index contributed by atoms with van der Waals surface area (Å²) in [5.74, 6) is -0.247. The van der Waals surface area contributed by atoms with Crippen LogP contribution in [0.5, 0.6) is 0 Å². The second-order valence-corrected chi connectivity index (χ2v) is 5.63. The number of amides is 2. The normalized spacial score (nSPS) is 11.4. The predicted octanol–water partition coefficient (Wildman–Crippen LogP) is 3.27. The van der Waals surface area contributed by atoms with Crippen LogP contribution in [0.15, 0.2) is 54.6 Å². The van der Waals surface area contributed by atoms with Gasteiger partial charge < -0.3 is 16.0 Å². The zero-order valence-electron chi connectivity index (χ0n) is 14.0. The van der Waals surface area contributed by atoms with E-state index in [1.165, 1.54) is 0 Å². The fourth-order valence-electron chi connectivity index (χ4n) is 2.06. The number of benzene rings is 2. The van der Waals surface area contributed by atoms with Gasteiger partial charge in [-0.2, -0.15) is 0 Å². The molecule has 1 atom stereocenters. The lowest BCUT2D eigenvalue weighted by molar-refractivity contribution is -0.114. The molecule has 0 spiro atoms. The first-order valence-corrected chi connectivity index (χ1v) is 8.08. The lowest BCUT2D eigenvalue weighted by Gasteiger charge is -2.12. The van der Waals surface area contributed by atoms with Crippen LogP contribution < -0.4 is 16.0 Å². The van der Waals surface area contributed by atoms with E-state index in [1.807, 2.05) is 44.2 Å². The van der Waals surface area contributed by atoms with Gasteiger partial charge in [0.15, 0.2) is 0 Å². The van der Waals surface area contributed by atoms with Crippen molar-refractivity contribution in [2.75, 3.05) is 17.2 Å². The van der Waals surface area contributed by atoms with Crippen molar-refractivity contribution in [2.45, 2.75) is 26.3 Å². The molecule has 1 unspecified atom stereocenters. The van der Waals surface area contributed by atoms with E-state index in [0.29, 0.717) is 11.3 Å². The van der Waals surface area contributed by atoms with Crippen molar-refractivity contribution in [3.05, 3.63) is 60.2 Å². The highest BCUT2D eigenvalue weighted by molar-refractivity contribution is 5.96. The molecular weight excluding hydrogens is 302 g/mol. The number of nitrogens with one attached hydrogen (secondary N) is 3. The molecular formula is C19H23N3O2. The number of hydrogen-bond donors (Lipinski definition) is 3. The average molecular weight is 325 g/mol. The summed E-state index contributed by atoms with van der Waals surface area (Å²) in [7, 11) is 0. The minimum absolute atomic E-state index is 0.104. The van der Waals surface area contributed by atoms with Crippen molar-refractivity contribution in [3.63, 3.8) is 0 Å². The number of carbonyl (C=O) groups excluding carboxylic acids is 2. The summed E-state index contributed by atoms with van der Waals surface area (Å²) in [5.41, 5.74) is 2.13. The molecule has 2 aromatic carbocycles. The minimum atomic E-state index is -0.143. The van der Waals surface area contributed by atoms with Gasteiger partial charge in [0.1, 0.15) is 0 Å². The van der Waals surface area contributed by atoms with Crippen molar-refractivity contribution >= 4 is 23.2 Å². The molecule has 0 saturated heterocycles. The molecule has 24 heavy (non-hydrogen) atoms. The summed E-state index contributed by atoms with van der Waals surface area (Å²) >= 11 is 0. The molecule has 0 saturated carbocycles. The topological polar surface area (TPSA) is 70.2 Å². The Morgan fingerprint density at radius 3 is 2.25 bits per heavy atom. The Labute approximate surface area is 142 Å². The van der Waals surface area contributed by atoms with Crippen LogP contribution in [-0.4, -0.2) is 24.4 Å². The SMILES string of the molecule is CCC(C)NC(=O)c1ccc(NC(=O)CNc2ccccc2)cc1. The Kier molecular flexibility index (Phi) is 6.37. The first kappa shape index (κ1) is 17.5. The molecule has 0 aliphatic carbocycles. The van der Waals surface area contributed by atoms with Gasteiger partial charge in [0.2, 0.25) is 5.91 Å². The molecule has 0 aromatic heterocycles. The summed E-state index contributed by atoms with van der Waals surface area (Å²) in [5, 5.41) is 8.75. The van der Waals surface area contributed by atoms with Crippen LogP contribution in [0, 0.1) is 0 Å². The summed E-state index contributed by atoms with van der Waals surface area (Å²) in [6.07, 6.45) is 0.883. The van der Waals surface area contributed by atoms with E-state index in [4.69, 9.17) is 0 Å². The number of carbonyl (C=O) groups is 2. The lowest BCUT2D eigenvalue weighted by atomic mass is 10.1. The predicted molar refractivity (Wildman–Crippen MR) is 97.2 cm³/mol. The van der Waals surface area contributed by atoms with E-state index in [2.05, 4.69) is 16.0 Å². The van der Waals surface area contributed by atoms with Gasteiger partial charge in [-0.25, -0.2) is 0 Å². The molecule has 5 heteroatoms. The van der Waals surface area contributed by atoms with E-state index in [1.54, 1.807) is 24.3 Å². The van der Waals surface area contributed by atoms with Crippen LogP contribution in [0.2, 0.25) is 0 Å². The van der Waals surface area contributed by atoms with Crippen LogP contribution in [-0.2, 0) is 4.79 Å². The number of rotatable bonds is 7. The molecule has 0 bridgehead atoms. The Balaban J connectivity index is 1.84. The molecule has 2 aromatic rings. The van der Waals surface area contributed by atoms with Gasteiger partial charge in [0.25, 0.3) is 5.91 Å². The molecule has 2 amide bonds. The third-order valence-corrected chi connectivity index (χ3v) is 3.65. The largest absolute Gasteiger partial charge is 0.376 e. The Bertz CT molecular complexity index is 669. The van der Waals surface area contributed by atoms with E-state index >= 15 is 0 Å². The van der Waals surface area contributed by atoms with Gasteiger partial charge in [-0.1, -0.05) is 25.1 Å². The molecule has 0 heterocycles. The zero-order chi connectivity index (χ0) is 17.4. The van der Waals surface area contributed by atoms with Gasteiger partial charge in [-0.05, 0) is 49.7 Å². The third kappa shape index (κ3) is 5.43. The van der Waals surface area contributed by atoms with E-state index in [9.17, 15) is 9.59 Å². The second-order valence-electron chi connectivity index (χ2n) is 5.63. The molecule has 5 nitrogen and oxygen atoms in total. The summed E-state index contributed by atoms with van der Waals surface area (Å²) in [4.78, 5) is 23.9. The number of para-hydroxylation sites is 1. The molecule has 0 aliphatic rings. The monoisotopic (exact) mass is 325 g/mol. The van der Waals surface area contributed by atoms with Crippen molar-refractivity contribution in [2.24, 2.45) is 0 Å². The fraction of sp³-hybridized carbons (Fsp3) is 0.263. The van der Waals surface area contributed by atoms with Crippen LogP contribution in [0.3, 0.4) is 0 Å². The van der Waals surface area contributed by atoms with Gasteiger partial charge >= 0.3 is 0 Å². The summed E-state index contributed by atoms with van der Waals surface area (Å²) in [6.45, 7) is 4.17. The van der Waals surface area contributed by atoms with E-state index < -0.39 is 0 Å². The Morgan fingerprint density at radius 1 is 0.958 bits per heavy atom. The van der Waals surface area contributed by atoms with Crippen molar-refractivity contribution in [1.82, 2.24) is 5.32 Å². The molecule has 3 N–H and O–H groups in total. The highest BCUT2D eigenvalue weighted by Crippen LogP contribution is 2.10. The highest BCUT2D eigenvalue weighted by Gasteiger charge is 2.09. The maximum absolute atomic E-state index is 12.0. The Hall–Kier alpha value is -2.82. The molecule has 0 aliphatic heterocycles. The van der Waals surface area contributed by atoms with E-state index in [-0.39, 0.29) is 24.4 Å². The lowest BCUT2D eigenvalue weighted by Crippen LogP contribution is -2.31. The number of anilines is 2. The number of hydrogen-bond acceptors (Lipinski definition) is 3. The third-order valence-electron chi connectivity index (χ3n) is 3.65. The molecule has 0 fully saturated rings. The van der Waals surface area contributed by atoms with Crippen LogP contribution in [0.25, 0.3) is 0 Å². The minimum Gasteiger partial charge on any atom is -0.376 e. The van der Waals surface area contributed by atoms with Gasteiger partial charge in [-0.15, -0.1) is 0 Å². The maximum Gasteiger partial charge on any atom is 0.251 e. The van der Waals surface area contributed by atoms with Gasteiger partial charge in [0, 0.05) is 23.0 Å². The van der Waals surface area contributed by atoms with E-state index in [0.717, 1.165) is 12.1 Å². The first-order chi connectivity index (χ1) is 11.6. The first-order valence-electron chi connectivity index (χ1n) is 8.08. The van der Waals surface area contributed by atoms with Crippen molar-refractivity contribution < 1.29 is 9.59 Å². The fourth-order valence-corrected chi connectivity index (χ4v) is 2.06. The quantitative estimate of drug-likeness (QED) is 0.732. The molecule has 126 valence electrons. The van der Waals surface area contributed by atoms with Gasteiger partial charge in [-0.3, -0.25) is 9.59 Å². The maximum atomic E-state index is 12.0. The molecule has 0 radical (unpaired) electrons. The second kappa shape index (κ2) is 8.72. The highest BCUT2D eigenvalue weighted by atomic mass is 16.2. The standard InChI is InChI=1S/C19H23N3O2/c1-3-14(2)21-19(24)15-9-11-17(12-10-15)22-18(23)13-20-16-7-5-4-6-8-16/h4-12,14,20H,3,13H2,1-2H3,(H,21,24)(H,22,23). The smallest absolute Gasteiger partial charge is 0.251 e. The summed E-state index contributed by atoms with van der Waals surface area (Å²) < 4.78 is 0. The summed E-state index contributed by atoms with van der Waals surface area (Å²) in [6, 6.07) is 16.5. The van der Waals surface area contributed by atoms with Gasteiger partial charge in [0.05, 0.1) is 6.54 Å². The zero-order valence-corrected chi connectivity index (χ0v) is 14.0. The van der Waals surface area contributed by atoms with Crippen LogP contribution in [0.4, 0.5) is 11.4 Å². The van der Waals surface area contributed by atoms with Crippen LogP contribution in [0.1, 0.15) is 30.6 Å². The molecule has 2 rings (SSSR count). The van der Waals surface area contributed by atoms with Crippen molar-refractivity contribution in [1.29, 1.82) is 0 Å². The van der Waals surface area contributed by atoms with Crippen LogP contribution >= 0.6 is 0 Å². The Morgan fingerprint density at radius 2 is 1.62 bits per heavy atom.